The summed E-state index contributed by atoms with van der Waals surface area (Å²) in [5.41, 5.74) is 1.30. The molecule has 4 heteroatoms. The second-order valence-corrected chi connectivity index (χ2v) is 4.37. The van der Waals surface area contributed by atoms with Crippen LogP contribution in [0.4, 0.5) is 0 Å². The number of ether oxygens (including phenoxy) is 1. The van der Waals surface area contributed by atoms with Crippen LogP contribution in [-0.4, -0.2) is 12.9 Å². The van der Waals surface area contributed by atoms with Gasteiger partial charge in [-0.25, -0.2) is 0 Å². The van der Waals surface area contributed by atoms with E-state index in [1.807, 2.05) is 13.8 Å². The zero-order chi connectivity index (χ0) is 12.3. The molecule has 2 nitrogen and oxygen atoms in total. The Morgan fingerprint density at radius 2 is 1.88 bits per heavy atom. The van der Waals surface area contributed by atoms with E-state index in [0.717, 1.165) is 5.57 Å². The summed E-state index contributed by atoms with van der Waals surface area (Å²) in [6.45, 7) is 3.69. The number of halogens is 2. The van der Waals surface area contributed by atoms with E-state index in [2.05, 4.69) is 0 Å². The SMILES string of the molecule is COc1cc(C(=O)C=C(C)C)c(Cl)cc1Cl. The van der Waals surface area contributed by atoms with Crippen LogP contribution in [0.3, 0.4) is 0 Å². The molecule has 1 aromatic carbocycles. The average Bonchev–Trinajstić information content (AvgIpc) is 2.16. The van der Waals surface area contributed by atoms with Crippen molar-refractivity contribution in [3.8, 4) is 5.75 Å². The number of carbonyl (C=O) groups excluding carboxylic acids is 1. The van der Waals surface area contributed by atoms with E-state index >= 15 is 0 Å². The second kappa shape index (κ2) is 5.37. The summed E-state index contributed by atoms with van der Waals surface area (Å²) in [7, 11) is 1.49. The molecule has 1 aromatic rings. The standard InChI is InChI=1S/C12H12Cl2O2/c1-7(2)4-11(15)8-5-12(16-3)10(14)6-9(8)13/h4-6H,1-3H3. The number of carbonyl (C=O) groups is 1. The third kappa shape index (κ3) is 3.00. The van der Waals surface area contributed by atoms with Crippen molar-refractivity contribution in [3.63, 3.8) is 0 Å². The van der Waals surface area contributed by atoms with Gasteiger partial charge in [-0.05, 0) is 32.1 Å². The summed E-state index contributed by atoms with van der Waals surface area (Å²) < 4.78 is 5.03. The van der Waals surface area contributed by atoms with Crippen molar-refractivity contribution >= 4 is 29.0 Å². The topological polar surface area (TPSA) is 26.3 Å². The van der Waals surface area contributed by atoms with Crippen molar-refractivity contribution in [2.45, 2.75) is 13.8 Å². The van der Waals surface area contributed by atoms with Gasteiger partial charge in [0, 0.05) is 5.56 Å². The van der Waals surface area contributed by atoms with Crippen LogP contribution in [0.15, 0.2) is 23.8 Å². The first-order chi connectivity index (χ1) is 7.45. The van der Waals surface area contributed by atoms with Crippen molar-refractivity contribution in [2.75, 3.05) is 7.11 Å². The number of benzene rings is 1. The van der Waals surface area contributed by atoms with Gasteiger partial charge in [0.2, 0.25) is 0 Å². The number of allylic oxidation sites excluding steroid dienone is 2. The first-order valence-corrected chi connectivity index (χ1v) is 5.43. The maximum atomic E-state index is 11.8. The normalized spacial score (nSPS) is 9.81. The van der Waals surface area contributed by atoms with Crippen LogP contribution in [0.2, 0.25) is 10.0 Å². The number of methoxy groups -OCH3 is 1. The van der Waals surface area contributed by atoms with E-state index < -0.39 is 0 Å². The lowest BCUT2D eigenvalue weighted by atomic mass is 10.1. The quantitative estimate of drug-likeness (QED) is 0.602. The van der Waals surface area contributed by atoms with Gasteiger partial charge in [-0.1, -0.05) is 28.8 Å². The fourth-order valence-electron chi connectivity index (χ4n) is 1.21. The lowest BCUT2D eigenvalue weighted by Crippen LogP contribution is -1.98. The zero-order valence-corrected chi connectivity index (χ0v) is 10.8. The Bertz CT molecular complexity index is 447. The summed E-state index contributed by atoms with van der Waals surface area (Å²) in [5.74, 6) is 0.288. The monoisotopic (exact) mass is 258 g/mol. The number of hydrogen-bond donors (Lipinski definition) is 0. The fourth-order valence-corrected chi connectivity index (χ4v) is 1.77. The highest BCUT2D eigenvalue weighted by molar-refractivity contribution is 6.38. The van der Waals surface area contributed by atoms with Gasteiger partial charge < -0.3 is 4.74 Å². The molecule has 0 aliphatic rings. The Kier molecular flexibility index (Phi) is 4.39. The lowest BCUT2D eigenvalue weighted by Gasteiger charge is -2.06. The maximum Gasteiger partial charge on any atom is 0.187 e. The molecule has 0 unspecified atom stereocenters. The van der Waals surface area contributed by atoms with Crippen molar-refractivity contribution in [3.05, 3.63) is 39.4 Å². The molecular weight excluding hydrogens is 247 g/mol. The molecule has 0 aliphatic carbocycles. The molecule has 0 aliphatic heterocycles. The Morgan fingerprint density at radius 1 is 1.25 bits per heavy atom. The van der Waals surface area contributed by atoms with Gasteiger partial charge in [0.15, 0.2) is 5.78 Å². The van der Waals surface area contributed by atoms with Crippen LogP contribution in [0, 0.1) is 0 Å². The van der Waals surface area contributed by atoms with E-state index in [0.29, 0.717) is 21.4 Å². The summed E-state index contributed by atoms with van der Waals surface area (Å²) >= 11 is 11.8. The Morgan fingerprint density at radius 3 is 2.38 bits per heavy atom. The zero-order valence-electron chi connectivity index (χ0n) is 9.30. The summed E-state index contributed by atoms with van der Waals surface area (Å²) in [6.07, 6.45) is 1.52. The molecule has 0 atom stereocenters. The van der Waals surface area contributed by atoms with E-state index in [1.54, 1.807) is 6.07 Å². The first kappa shape index (κ1) is 13.1. The van der Waals surface area contributed by atoms with Crippen molar-refractivity contribution in [1.82, 2.24) is 0 Å². The minimum atomic E-state index is -0.153. The molecule has 0 aromatic heterocycles. The summed E-state index contributed by atoms with van der Waals surface area (Å²) in [5, 5.41) is 0.717. The molecule has 0 saturated carbocycles. The first-order valence-electron chi connectivity index (χ1n) is 4.68. The highest BCUT2D eigenvalue weighted by atomic mass is 35.5. The molecule has 0 amide bonds. The maximum absolute atomic E-state index is 11.8. The smallest absolute Gasteiger partial charge is 0.187 e. The van der Waals surface area contributed by atoms with Crippen LogP contribution in [0.1, 0.15) is 24.2 Å². The van der Waals surface area contributed by atoms with Crippen molar-refractivity contribution in [1.29, 1.82) is 0 Å². The van der Waals surface area contributed by atoms with Crippen LogP contribution < -0.4 is 4.74 Å². The van der Waals surface area contributed by atoms with E-state index in [4.69, 9.17) is 27.9 Å². The van der Waals surface area contributed by atoms with E-state index in [-0.39, 0.29) is 5.78 Å². The van der Waals surface area contributed by atoms with Crippen LogP contribution >= 0.6 is 23.2 Å². The molecule has 0 bridgehead atoms. The van der Waals surface area contributed by atoms with Crippen LogP contribution in [-0.2, 0) is 0 Å². The molecule has 0 heterocycles. The largest absolute Gasteiger partial charge is 0.495 e. The predicted octanol–water partition coefficient (Wildman–Crippen LogP) is 4.15. The fraction of sp³-hybridized carbons (Fsp3) is 0.250. The van der Waals surface area contributed by atoms with Crippen LogP contribution in [0.5, 0.6) is 5.75 Å². The molecule has 0 saturated heterocycles. The third-order valence-electron chi connectivity index (χ3n) is 1.93. The van der Waals surface area contributed by atoms with Gasteiger partial charge >= 0.3 is 0 Å². The number of ketones is 1. The minimum Gasteiger partial charge on any atom is -0.495 e. The number of hydrogen-bond acceptors (Lipinski definition) is 2. The lowest BCUT2D eigenvalue weighted by molar-refractivity contribution is 0.104. The Hall–Kier alpha value is -0.990. The molecule has 86 valence electrons. The highest BCUT2D eigenvalue weighted by Crippen LogP contribution is 2.31. The van der Waals surface area contributed by atoms with E-state index in [9.17, 15) is 4.79 Å². The van der Waals surface area contributed by atoms with Gasteiger partial charge in [-0.3, -0.25) is 4.79 Å². The number of rotatable bonds is 3. The molecule has 0 spiro atoms. The van der Waals surface area contributed by atoms with Gasteiger partial charge in [-0.15, -0.1) is 0 Å². The highest BCUT2D eigenvalue weighted by Gasteiger charge is 2.12. The Balaban J connectivity index is 3.24. The summed E-state index contributed by atoms with van der Waals surface area (Å²) in [6, 6.07) is 3.06. The molecular formula is C12H12Cl2O2. The van der Waals surface area contributed by atoms with Gasteiger partial charge in [-0.2, -0.15) is 0 Å². The van der Waals surface area contributed by atoms with Gasteiger partial charge in [0.1, 0.15) is 5.75 Å². The molecule has 1 rings (SSSR count). The van der Waals surface area contributed by atoms with Gasteiger partial charge in [0.25, 0.3) is 0 Å². The van der Waals surface area contributed by atoms with Crippen molar-refractivity contribution in [2.24, 2.45) is 0 Å². The second-order valence-electron chi connectivity index (χ2n) is 3.55. The van der Waals surface area contributed by atoms with Crippen LogP contribution in [0.25, 0.3) is 0 Å². The molecule has 16 heavy (non-hydrogen) atoms. The Labute approximate surface area is 105 Å². The summed E-state index contributed by atoms with van der Waals surface area (Å²) in [4.78, 5) is 11.8. The molecule has 0 radical (unpaired) electrons. The third-order valence-corrected chi connectivity index (χ3v) is 2.53. The molecule has 0 N–H and O–H groups in total. The van der Waals surface area contributed by atoms with Crippen molar-refractivity contribution < 1.29 is 9.53 Å². The minimum absolute atomic E-state index is 0.153. The average molecular weight is 259 g/mol. The predicted molar refractivity (Wildman–Crippen MR) is 66.8 cm³/mol. The van der Waals surface area contributed by atoms with Gasteiger partial charge in [0.05, 0.1) is 17.2 Å². The molecule has 0 fully saturated rings. The van der Waals surface area contributed by atoms with E-state index in [1.165, 1.54) is 19.3 Å².